The van der Waals surface area contributed by atoms with Crippen molar-refractivity contribution in [3.63, 3.8) is 0 Å². The van der Waals surface area contributed by atoms with Gasteiger partial charge in [-0.15, -0.1) is 0 Å². The molecule has 1 aromatic heterocycles. The predicted octanol–water partition coefficient (Wildman–Crippen LogP) is 3.58. The first kappa shape index (κ1) is 18.7. The number of aromatic nitrogens is 1. The van der Waals surface area contributed by atoms with Gasteiger partial charge in [0.05, 0.1) is 22.9 Å². The van der Waals surface area contributed by atoms with Crippen LogP contribution < -0.4 is 0 Å². The van der Waals surface area contributed by atoms with Gasteiger partial charge in [0, 0.05) is 11.9 Å². The Kier molecular flexibility index (Phi) is 6.14. The fourth-order valence-corrected chi connectivity index (χ4v) is 4.18. The minimum Gasteiger partial charge on any atom is -0.464 e. The quantitative estimate of drug-likeness (QED) is 0.593. The summed E-state index contributed by atoms with van der Waals surface area (Å²) in [6.45, 7) is 4.80. The second-order valence-corrected chi connectivity index (χ2v) is 7.43. The number of esters is 1. The summed E-state index contributed by atoms with van der Waals surface area (Å²) in [5.41, 5.74) is 2.08. The summed E-state index contributed by atoms with van der Waals surface area (Å²) in [5, 5.41) is 1.96. The van der Waals surface area contributed by atoms with E-state index < -0.39 is 6.04 Å². The van der Waals surface area contributed by atoms with Gasteiger partial charge in [-0.05, 0) is 50.8 Å². The number of nitrogens with zero attached hydrogens (tertiary/aromatic N) is 2. The Balaban J connectivity index is 1.68. The van der Waals surface area contributed by atoms with E-state index in [2.05, 4.69) is 18.0 Å². The normalized spacial score (nSPS) is 17.3. The van der Waals surface area contributed by atoms with Gasteiger partial charge in [0.15, 0.2) is 0 Å². The van der Waals surface area contributed by atoms with Crippen LogP contribution in [-0.4, -0.2) is 46.7 Å². The highest BCUT2D eigenvalue weighted by Crippen LogP contribution is 2.25. The summed E-state index contributed by atoms with van der Waals surface area (Å²) < 4.78 is 5.14. The number of amides is 1. The van der Waals surface area contributed by atoms with Crippen LogP contribution in [0.5, 0.6) is 0 Å². The van der Waals surface area contributed by atoms with Gasteiger partial charge in [-0.3, -0.25) is 4.79 Å². The fourth-order valence-electron chi connectivity index (χ4n) is 3.32. The molecule has 1 aliphatic heterocycles. The van der Waals surface area contributed by atoms with Gasteiger partial charge in [0.2, 0.25) is 5.91 Å². The molecule has 0 N–H and O–H groups in total. The number of benzene rings is 1. The molecule has 1 amide bonds. The van der Waals surface area contributed by atoms with Crippen LogP contribution in [0.4, 0.5) is 0 Å². The number of pyridine rings is 1. The summed E-state index contributed by atoms with van der Waals surface area (Å²) in [6, 6.07) is 9.57. The van der Waals surface area contributed by atoms with E-state index in [9.17, 15) is 9.59 Å². The molecule has 26 heavy (non-hydrogen) atoms. The molecule has 138 valence electrons. The molecule has 2 aromatic rings. The van der Waals surface area contributed by atoms with Gasteiger partial charge >= 0.3 is 5.97 Å². The van der Waals surface area contributed by atoms with Crippen molar-refractivity contribution in [1.82, 2.24) is 9.88 Å². The average Bonchev–Trinajstić information content (AvgIpc) is 2.66. The molecule has 1 fully saturated rings. The summed E-state index contributed by atoms with van der Waals surface area (Å²) in [6.07, 6.45) is 2.56. The monoisotopic (exact) mass is 372 g/mol. The van der Waals surface area contributed by atoms with Crippen LogP contribution in [0.1, 0.15) is 31.7 Å². The predicted molar refractivity (Wildman–Crippen MR) is 103 cm³/mol. The summed E-state index contributed by atoms with van der Waals surface area (Å²) in [5.74, 6) is -0.0358. The van der Waals surface area contributed by atoms with Crippen LogP contribution in [0.15, 0.2) is 35.4 Å². The van der Waals surface area contributed by atoms with Crippen molar-refractivity contribution in [3.05, 3.63) is 35.9 Å². The van der Waals surface area contributed by atoms with Crippen molar-refractivity contribution in [2.75, 3.05) is 18.9 Å². The number of fused-ring (bicyclic) bond motifs is 1. The van der Waals surface area contributed by atoms with E-state index >= 15 is 0 Å². The molecule has 6 heteroatoms. The third-order valence-corrected chi connectivity index (χ3v) is 5.52. The number of carbonyl (C=O) groups is 2. The Morgan fingerprint density at radius 3 is 2.92 bits per heavy atom. The van der Waals surface area contributed by atoms with Crippen molar-refractivity contribution in [2.24, 2.45) is 0 Å². The molecule has 0 radical (unpaired) electrons. The maximum Gasteiger partial charge on any atom is 0.328 e. The largest absolute Gasteiger partial charge is 0.464 e. The lowest BCUT2D eigenvalue weighted by atomic mass is 10.0. The molecule has 1 aliphatic rings. The molecule has 0 bridgehead atoms. The lowest BCUT2D eigenvalue weighted by molar-refractivity contribution is -0.155. The zero-order chi connectivity index (χ0) is 18.5. The molecular weight excluding hydrogens is 348 g/mol. The van der Waals surface area contributed by atoms with E-state index in [0.29, 0.717) is 19.6 Å². The second-order valence-electron chi connectivity index (χ2n) is 6.43. The Morgan fingerprint density at radius 2 is 2.12 bits per heavy atom. The zero-order valence-corrected chi connectivity index (χ0v) is 16.1. The van der Waals surface area contributed by atoms with Crippen LogP contribution in [0.25, 0.3) is 10.9 Å². The number of para-hydroxylation sites is 1. The molecule has 2 heterocycles. The molecule has 1 aromatic carbocycles. The minimum absolute atomic E-state index is 0.0274. The molecule has 5 nitrogen and oxygen atoms in total. The van der Waals surface area contributed by atoms with E-state index in [4.69, 9.17) is 4.74 Å². The molecule has 0 saturated carbocycles. The van der Waals surface area contributed by atoms with Gasteiger partial charge in [-0.2, -0.15) is 0 Å². The van der Waals surface area contributed by atoms with E-state index in [1.54, 1.807) is 11.8 Å². The average molecular weight is 372 g/mol. The highest BCUT2D eigenvalue weighted by Gasteiger charge is 2.32. The summed E-state index contributed by atoms with van der Waals surface area (Å²) in [4.78, 5) is 31.2. The van der Waals surface area contributed by atoms with Crippen molar-refractivity contribution in [1.29, 1.82) is 0 Å². The van der Waals surface area contributed by atoms with Gasteiger partial charge in [-0.25, -0.2) is 9.78 Å². The van der Waals surface area contributed by atoms with E-state index in [1.807, 2.05) is 24.3 Å². The number of piperidine rings is 1. The number of thioether (sulfide) groups is 1. The van der Waals surface area contributed by atoms with Crippen molar-refractivity contribution >= 4 is 34.5 Å². The number of aryl methyl sites for hydroxylation is 1. The van der Waals surface area contributed by atoms with Gasteiger partial charge in [0.1, 0.15) is 6.04 Å². The second kappa shape index (κ2) is 8.54. The van der Waals surface area contributed by atoms with Crippen LogP contribution in [-0.2, 0) is 14.3 Å². The lowest BCUT2D eigenvalue weighted by Gasteiger charge is -2.34. The van der Waals surface area contributed by atoms with Gasteiger partial charge in [-0.1, -0.05) is 30.0 Å². The van der Waals surface area contributed by atoms with Crippen molar-refractivity contribution < 1.29 is 14.3 Å². The third kappa shape index (κ3) is 4.18. The molecular formula is C20H24N2O3S. The molecule has 3 rings (SSSR count). The molecule has 1 atom stereocenters. The van der Waals surface area contributed by atoms with Crippen molar-refractivity contribution in [3.8, 4) is 0 Å². The zero-order valence-electron chi connectivity index (χ0n) is 15.2. The third-order valence-electron chi connectivity index (χ3n) is 4.62. The first-order valence-corrected chi connectivity index (χ1v) is 10.0. The van der Waals surface area contributed by atoms with Gasteiger partial charge in [0.25, 0.3) is 0 Å². The Morgan fingerprint density at radius 1 is 1.31 bits per heavy atom. The molecule has 1 saturated heterocycles. The van der Waals surface area contributed by atoms with E-state index in [-0.39, 0.29) is 17.6 Å². The first-order chi connectivity index (χ1) is 12.6. The number of rotatable bonds is 5. The number of hydrogen-bond acceptors (Lipinski definition) is 5. The fraction of sp³-hybridized carbons (Fsp3) is 0.450. The number of ether oxygens (including phenoxy) is 1. The lowest BCUT2D eigenvalue weighted by Crippen LogP contribution is -2.49. The highest BCUT2D eigenvalue weighted by atomic mass is 32.2. The number of likely N-dealkylation sites (tertiary alicyclic amines) is 1. The SMILES string of the molecule is CCOC(=O)C1CCCCN1C(=O)CSc1cc(C)c2ccccc2n1. The van der Waals surface area contributed by atoms with E-state index in [1.165, 1.54) is 11.8 Å². The molecule has 0 spiro atoms. The smallest absolute Gasteiger partial charge is 0.328 e. The first-order valence-electron chi connectivity index (χ1n) is 9.05. The highest BCUT2D eigenvalue weighted by molar-refractivity contribution is 7.99. The van der Waals surface area contributed by atoms with Crippen LogP contribution >= 0.6 is 11.8 Å². The van der Waals surface area contributed by atoms with Crippen LogP contribution in [0.2, 0.25) is 0 Å². The Hall–Kier alpha value is -2.08. The Bertz CT molecular complexity index is 809. The maximum absolute atomic E-state index is 12.7. The van der Waals surface area contributed by atoms with Gasteiger partial charge < -0.3 is 9.64 Å². The number of carbonyl (C=O) groups excluding carboxylic acids is 2. The summed E-state index contributed by atoms with van der Waals surface area (Å²) >= 11 is 1.42. The Labute approximate surface area is 158 Å². The molecule has 0 aliphatic carbocycles. The van der Waals surface area contributed by atoms with Crippen molar-refractivity contribution in [2.45, 2.75) is 44.2 Å². The van der Waals surface area contributed by atoms with Crippen LogP contribution in [0, 0.1) is 6.92 Å². The standard InChI is InChI=1S/C20H24N2O3S/c1-3-25-20(24)17-10-6-7-11-22(17)19(23)13-26-18-12-14(2)15-8-4-5-9-16(15)21-18/h4-5,8-9,12,17H,3,6-7,10-11,13H2,1-2H3. The summed E-state index contributed by atoms with van der Waals surface area (Å²) in [7, 11) is 0. The topological polar surface area (TPSA) is 59.5 Å². The number of hydrogen-bond donors (Lipinski definition) is 0. The maximum atomic E-state index is 12.7. The molecule has 1 unspecified atom stereocenters. The van der Waals surface area contributed by atoms with Crippen LogP contribution in [0.3, 0.4) is 0 Å². The van der Waals surface area contributed by atoms with E-state index in [0.717, 1.165) is 34.3 Å². The minimum atomic E-state index is -0.442.